The highest BCUT2D eigenvalue weighted by atomic mass is 32.1. The van der Waals surface area contributed by atoms with E-state index in [0.717, 1.165) is 11.3 Å². The number of rotatable bonds is 2. The maximum atomic E-state index is 12.1. The van der Waals surface area contributed by atoms with Gasteiger partial charge in [-0.25, -0.2) is 0 Å². The van der Waals surface area contributed by atoms with E-state index in [1.54, 1.807) is 9.80 Å². The monoisotopic (exact) mass is 283 g/mol. The summed E-state index contributed by atoms with van der Waals surface area (Å²) in [6.45, 7) is 3.43. The Bertz CT molecular complexity index is 520. The number of piperazine rings is 1. The number of nitro groups is 1. The number of thiophene rings is 1. The Balaban J connectivity index is 2.01. The van der Waals surface area contributed by atoms with Crippen molar-refractivity contribution in [1.29, 1.82) is 0 Å². The molecule has 1 fully saturated rings. The van der Waals surface area contributed by atoms with Gasteiger partial charge in [0.15, 0.2) is 0 Å². The fourth-order valence-corrected chi connectivity index (χ4v) is 2.64. The van der Waals surface area contributed by atoms with E-state index in [1.165, 1.54) is 18.4 Å². The van der Waals surface area contributed by atoms with Crippen molar-refractivity contribution in [1.82, 2.24) is 9.80 Å². The lowest BCUT2D eigenvalue weighted by Gasteiger charge is -2.34. The van der Waals surface area contributed by atoms with Gasteiger partial charge in [-0.2, -0.15) is 0 Å². The topological polar surface area (TPSA) is 83.8 Å². The van der Waals surface area contributed by atoms with Gasteiger partial charge >= 0.3 is 5.00 Å². The van der Waals surface area contributed by atoms with E-state index in [2.05, 4.69) is 0 Å². The molecule has 19 heavy (non-hydrogen) atoms. The SMILES string of the molecule is CC(=O)N1CCN(C(=O)c2csc([N+](=O)[O-])c2)CC1. The molecule has 1 aliphatic heterocycles. The lowest BCUT2D eigenvalue weighted by atomic mass is 10.2. The second kappa shape index (κ2) is 5.35. The summed E-state index contributed by atoms with van der Waals surface area (Å²) < 4.78 is 0. The number of carbonyl (C=O) groups is 2. The Morgan fingerprint density at radius 1 is 1.26 bits per heavy atom. The summed E-state index contributed by atoms with van der Waals surface area (Å²) in [7, 11) is 0. The van der Waals surface area contributed by atoms with Gasteiger partial charge in [0.2, 0.25) is 5.91 Å². The molecule has 1 saturated heterocycles. The first kappa shape index (κ1) is 13.5. The van der Waals surface area contributed by atoms with Gasteiger partial charge in [0.25, 0.3) is 5.91 Å². The molecule has 2 heterocycles. The van der Waals surface area contributed by atoms with Crippen LogP contribution < -0.4 is 0 Å². The number of carbonyl (C=O) groups excluding carboxylic acids is 2. The van der Waals surface area contributed by atoms with Crippen LogP contribution in [-0.4, -0.2) is 52.7 Å². The Morgan fingerprint density at radius 2 is 1.84 bits per heavy atom. The predicted octanol–water partition coefficient (Wildman–Crippen LogP) is 0.961. The van der Waals surface area contributed by atoms with Crippen molar-refractivity contribution in [3.05, 3.63) is 27.1 Å². The van der Waals surface area contributed by atoms with Crippen molar-refractivity contribution in [3.8, 4) is 0 Å². The van der Waals surface area contributed by atoms with Gasteiger partial charge in [-0.3, -0.25) is 19.7 Å². The van der Waals surface area contributed by atoms with Crippen LogP contribution in [0.4, 0.5) is 5.00 Å². The van der Waals surface area contributed by atoms with Gasteiger partial charge in [-0.05, 0) is 0 Å². The van der Waals surface area contributed by atoms with E-state index >= 15 is 0 Å². The number of hydrogen-bond donors (Lipinski definition) is 0. The Kier molecular flexibility index (Phi) is 3.79. The molecular formula is C11H13N3O4S. The van der Waals surface area contributed by atoms with Crippen molar-refractivity contribution in [2.45, 2.75) is 6.92 Å². The molecule has 1 aromatic rings. The van der Waals surface area contributed by atoms with Gasteiger partial charge in [0.05, 0.1) is 10.5 Å². The van der Waals surface area contributed by atoms with E-state index in [1.807, 2.05) is 0 Å². The molecule has 1 aromatic heterocycles. The van der Waals surface area contributed by atoms with E-state index in [4.69, 9.17) is 0 Å². The van der Waals surface area contributed by atoms with Crippen molar-refractivity contribution in [2.24, 2.45) is 0 Å². The minimum absolute atomic E-state index is 0.00160. The zero-order valence-corrected chi connectivity index (χ0v) is 11.2. The normalized spacial score (nSPS) is 15.4. The second-order valence-corrected chi connectivity index (χ2v) is 5.12. The first-order valence-electron chi connectivity index (χ1n) is 5.76. The van der Waals surface area contributed by atoms with Crippen molar-refractivity contribution in [2.75, 3.05) is 26.2 Å². The van der Waals surface area contributed by atoms with Crippen LogP contribution in [0.3, 0.4) is 0 Å². The highest BCUT2D eigenvalue weighted by molar-refractivity contribution is 7.13. The maximum Gasteiger partial charge on any atom is 0.324 e. The number of amides is 2. The molecule has 2 amide bonds. The molecule has 0 bridgehead atoms. The first-order chi connectivity index (χ1) is 8.99. The Labute approximate surface area is 113 Å². The number of nitrogens with zero attached hydrogens (tertiary/aromatic N) is 3. The molecule has 0 aromatic carbocycles. The minimum atomic E-state index is -0.505. The third-order valence-electron chi connectivity index (χ3n) is 3.02. The predicted molar refractivity (Wildman–Crippen MR) is 69.1 cm³/mol. The third-order valence-corrected chi connectivity index (χ3v) is 3.90. The van der Waals surface area contributed by atoms with Crippen LogP contribution >= 0.6 is 11.3 Å². The van der Waals surface area contributed by atoms with Gasteiger partial charge in [-0.1, -0.05) is 11.3 Å². The molecule has 0 saturated carbocycles. The molecule has 0 N–H and O–H groups in total. The summed E-state index contributed by atoms with van der Waals surface area (Å²) in [5.74, 6) is -0.217. The van der Waals surface area contributed by atoms with E-state index < -0.39 is 4.92 Å². The fraction of sp³-hybridized carbons (Fsp3) is 0.455. The molecule has 0 radical (unpaired) electrons. The Hall–Kier alpha value is -1.96. The summed E-state index contributed by atoms with van der Waals surface area (Å²) >= 11 is 0.944. The van der Waals surface area contributed by atoms with Crippen LogP contribution in [0.15, 0.2) is 11.4 Å². The minimum Gasteiger partial charge on any atom is -0.339 e. The third kappa shape index (κ3) is 2.90. The average molecular weight is 283 g/mol. The molecule has 0 aliphatic carbocycles. The van der Waals surface area contributed by atoms with Gasteiger partial charge in [0, 0.05) is 44.5 Å². The molecule has 0 atom stereocenters. The Morgan fingerprint density at radius 3 is 2.32 bits per heavy atom. The molecule has 2 rings (SSSR count). The van der Waals surface area contributed by atoms with Crippen molar-refractivity contribution in [3.63, 3.8) is 0 Å². The average Bonchev–Trinajstić information content (AvgIpc) is 2.87. The lowest BCUT2D eigenvalue weighted by molar-refractivity contribution is -0.380. The van der Waals surface area contributed by atoms with E-state index in [9.17, 15) is 19.7 Å². The zero-order valence-electron chi connectivity index (χ0n) is 10.4. The molecule has 1 aliphatic rings. The molecule has 0 spiro atoms. The molecule has 0 unspecified atom stereocenters. The van der Waals surface area contributed by atoms with Crippen LogP contribution in [0.1, 0.15) is 17.3 Å². The van der Waals surface area contributed by atoms with Crippen molar-refractivity contribution < 1.29 is 14.5 Å². The quantitative estimate of drug-likeness (QED) is 0.598. The first-order valence-corrected chi connectivity index (χ1v) is 6.64. The van der Waals surface area contributed by atoms with Crippen molar-refractivity contribution >= 4 is 28.2 Å². The smallest absolute Gasteiger partial charge is 0.324 e. The van der Waals surface area contributed by atoms with Crippen LogP contribution in [-0.2, 0) is 4.79 Å². The van der Waals surface area contributed by atoms with Crippen LogP contribution in [0.2, 0.25) is 0 Å². The number of hydrogen-bond acceptors (Lipinski definition) is 5. The van der Waals surface area contributed by atoms with Crippen LogP contribution in [0, 0.1) is 10.1 Å². The van der Waals surface area contributed by atoms with Gasteiger partial charge in [-0.15, -0.1) is 0 Å². The highest BCUT2D eigenvalue weighted by Gasteiger charge is 2.25. The van der Waals surface area contributed by atoms with E-state index in [0.29, 0.717) is 31.7 Å². The lowest BCUT2D eigenvalue weighted by Crippen LogP contribution is -2.50. The standard InChI is InChI=1S/C11H13N3O4S/c1-8(15)12-2-4-13(5-3-12)11(16)9-6-10(14(17)18)19-7-9/h6-7H,2-5H2,1H3. The largest absolute Gasteiger partial charge is 0.339 e. The molecule has 8 heteroatoms. The molecule has 102 valence electrons. The van der Waals surface area contributed by atoms with Gasteiger partial charge in [0.1, 0.15) is 0 Å². The van der Waals surface area contributed by atoms with Crippen LogP contribution in [0.5, 0.6) is 0 Å². The summed E-state index contributed by atoms with van der Waals surface area (Å²) in [4.78, 5) is 36.7. The van der Waals surface area contributed by atoms with Crippen LogP contribution in [0.25, 0.3) is 0 Å². The van der Waals surface area contributed by atoms with E-state index in [-0.39, 0.29) is 16.8 Å². The summed E-state index contributed by atoms with van der Waals surface area (Å²) in [6, 6.07) is 1.30. The molecular weight excluding hydrogens is 270 g/mol. The summed E-state index contributed by atoms with van der Waals surface area (Å²) in [5, 5.41) is 12.0. The maximum absolute atomic E-state index is 12.1. The summed E-state index contributed by atoms with van der Waals surface area (Å²) in [6.07, 6.45) is 0. The van der Waals surface area contributed by atoms with Gasteiger partial charge < -0.3 is 9.80 Å². The fourth-order valence-electron chi connectivity index (χ4n) is 1.94. The zero-order chi connectivity index (χ0) is 14.0. The second-order valence-electron chi connectivity index (χ2n) is 4.23. The summed E-state index contributed by atoms with van der Waals surface area (Å²) in [5.41, 5.74) is 0.341. The highest BCUT2D eigenvalue weighted by Crippen LogP contribution is 2.23. The molecule has 7 nitrogen and oxygen atoms in total.